The van der Waals surface area contributed by atoms with Gasteiger partial charge in [-0.1, -0.05) is 27.2 Å². The second-order valence-electron chi connectivity index (χ2n) is 4.41. The van der Waals surface area contributed by atoms with Gasteiger partial charge in [0.15, 0.2) is 0 Å². The first-order valence-electron chi connectivity index (χ1n) is 6.16. The highest BCUT2D eigenvalue weighted by molar-refractivity contribution is 5.81. The molecule has 0 aromatic heterocycles. The summed E-state index contributed by atoms with van der Waals surface area (Å²) < 4.78 is 5.34. The maximum atomic E-state index is 11.7. The fourth-order valence-corrected chi connectivity index (χ4v) is 1.38. The number of carbonyl (C=O) groups excluding carboxylic acids is 1. The van der Waals surface area contributed by atoms with Crippen LogP contribution >= 0.6 is 0 Å². The minimum atomic E-state index is -0.395. The molecule has 16 heavy (non-hydrogen) atoms. The molecule has 0 aliphatic carbocycles. The smallest absolute Gasteiger partial charge is 0.237 e. The lowest BCUT2D eigenvalue weighted by atomic mass is 10.0. The minimum absolute atomic E-state index is 0.0513. The third-order valence-electron chi connectivity index (χ3n) is 2.57. The molecule has 4 nitrogen and oxygen atoms in total. The maximum absolute atomic E-state index is 11.7. The van der Waals surface area contributed by atoms with Crippen molar-refractivity contribution in [2.24, 2.45) is 11.7 Å². The van der Waals surface area contributed by atoms with Crippen LogP contribution in [0.3, 0.4) is 0 Å². The zero-order valence-corrected chi connectivity index (χ0v) is 11.0. The molecule has 1 amide bonds. The third kappa shape index (κ3) is 6.08. The zero-order chi connectivity index (χ0) is 12.6. The largest absolute Gasteiger partial charge is 0.380 e. The van der Waals surface area contributed by atoms with Crippen LogP contribution in [-0.4, -0.2) is 31.2 Å². The SMILES string of the molecule is CCC[C@H](N)C(=O)NC(COCC)C(C)C. The molecule has 0 aliphatic heterocycles. The highest BCUT2D eigenvalue weighted by Crippen LogP contribution is 2.03. The number of hydrogen-bond donors (Lipinski definition) is 2. The Morgan fingerprint density at radius 2 is 2.00 bits per heavy atom. The molecule has 0 rings (SSSR count). The summed E-state index contributed by atoms with van der Waals surface area (Å²) >= 11 is 0. The van der Waals surface area contributed by atoms with Crippen molar-refractivity contribution < 1.29 is 9.53 Å². The standard InChI is InChI=1S/C12H26N2O2/c1-5-7-10(13)12(15)14-11(9(3)4)8-16-6-2/h9-11H,5-8,13H2,1-4H3,(H,14,15)/t10-,11?/m0/s1. The normalized spacial score (nSPS) is 14.9. The van der Waals surface area contributed by atoms with Crippen LogP contribution in [0, 0.1) is 5.92 Å². The van der Waals surface area contributed by atoms with E-state index in [0.29, 0.717) is 19.1 Å². The summed E-state index contributed by atoms with van der Waals surface area (Å²) in [5, 5.41) is 2.95. The van der Waals surface area contributed by atoms with Crippen LogP contribution in [-0.2, 0) is 9.53 Å². The van der Waals surface area contributed by atoms with E-state index in [1.54, 1.807) is 0 Å². The summed E-state index contributed by atoms with van der Waals surface area (Å²) in [4.78, 5) is 11.7. The average molecular weight is 230 g/mol. The predicted octanol–water partition coefficient (Wildman–Crippen LogP) is 1.29. The Bertz CT molecular complexity index is 195. The molecule has 0 aliphatic rings. The van der Waals surface area contributed by atoms with Crippen LogP contribution < -0.4 is 11.1 Å². The van der Waals surface area contributed by atoms with Crippen molar-refractivity contribution in [2.75, 3.05) is 13.2 Å². The lowest BCUT2D eigenvalue weighted by molar-refractivity contribution is -0.124. The maximum Gasteiger partial charge on any atom is 0.237 e. The van der Waals surface area contributed by atoms with Crippen LogP contribution in [0.15, 0.2) is 0 Å². The fourth-order valence-electron chi connectivity index (χ4n) is 1.38. The van der Waals surface area contributed by atoms with E-state index in [0.717, 1.165) is 12.8 Å². The van der Waals surface area contributed by atoms with Gasteiger partial charge in [-0.05, 0) is 19.3 Å². The Hall–Kier alpha value is -0.610. The van der Waals surface area contributed by atoms with Crippen molar-refractivity contribution in [3.05, 3.63) is 0 Å². The van der Waals surface area contributed by atoms with E-state index in [1.807, 2.05) is 13.8 Å². The molecule has 1 unspecified atom stereocenters. The molecule has 0 saturated heterocycles. The Balaban J connectivity index is 4.11. The summed E-state index contributed by atoms with van der Waals surface area (Å²) in [6.07, 6.45) is 1.65. The number of carbonyl (C=O) groups is 1. The third-order valence-corrected chi connectivity index (χ3v) is 2.57. The fraction of sp³-hybridized carbons (Fsp3) is 0.917. The van der Waals surface area contributed by atoms with Gasteiger partial charge in [-0.15, -0.1) is 0 Å². The van der Waals surface area contributed by atoms with Gasteiger partial charge in [0.25, 0.3) is 0 Å². The highest BCUT2D eigenvalue weighted by atomic mass is 16.5. The quantitative estimate of drug-likeness (QED) is 0.660. The van der Waals surface area contributed by atoms with E-state index in [4.69, 9.17) is 10.5 Å². The minimum Gasteiger partial charge on any atom is -0.380 e. The molecule has 0 aromatic carbocycles. The Morgan fingerprint density at radius 1 is 1.38 bits per heavy atom. The second-order valence-corrected chi connectivity index (χ2v) is 4.41. The van der Waals surface area contributed by atoms with E-state index in [2.05, 4.69) is 19.2 Å². The molecule has 0 fully saturated rings. The molecular formula is C12H26N2O2. The van der Waals surface area contributed by atoms with E-state index >= 15 is 0 Å². The van der Waals surface area contributed by atoms with E-state index in [1.165, 1.54) is 0 Å². The van der Waals surface area contributed by atoms with Crippen molar-refractivity contribution in [1.82, 2.24) is 5.32 Å². The summed E-state index contributed by atoms with van der Waals surface area (Å²) in [6, 6.07) is -0.344. The average Bonchev–Trinajstić information content (AvgIpc) is 2.23. The second kappa shape index (κ2) is 8.53. The molecule has 0 bridgehead atoms. The number of nitrogens with one attached hydrogen (secondary N) is 1. The van der Waals surface area contributed by atoms with E-state index in [-0.39, 0.29) is 11.9 Å². The summed E-state index contributed by atoms with van der Waals surface area (Å²) in [5.41, 5.74) is 5.75. The molecule has 3 N–H and O–H groups in total. The number of nitrogens with two attached hydrogens (primary N) is 1. The van der Waals surface area contributed by atoms with Gasteiger partial charge in [0.2, 0.25) is 5.91 Å². The van der Waals surface area contributed by atoms with Crippen LogP contribution in [0.5, 0.6) is 0 Å². The number of amides is 1. The summed E-state index contributed by atoms with van der Waals surface area (Å²) in [5.74, 6) is 0.282. The van der Waals surface area contributed by atoms with Gasteiger partial charge in [-0.3, -0.25) is 4.79 Å². The predicted molar refractivity (Wildman–Crippen MR) is 66.1 cm³/mol. The lowest BCUT2D eigenvalue weighted by Crippen LogP contribution is -2.49. The van der Waals surface area contributed by atoms with Crippen LogP contribution in [0.4, 0.5) is 0 Å². The first-order chi connectivity index (χ1) is 7.52. The highest BCUT2D eigenvalue weighted by Gasteiger charge is 2.19. The molecule has 96 valence electrons. The van der Waals surface area contributed by atoms with E-state index in [9.17, 15) is 4.79 Å². The number of ether oxygens (including phenoxy) is 1. The van der Waals surface area contributed by atoms with Gasteiger partial charge < -0.3 is 15.8 Å². The van der Waals surface area contributed by atoms with Gasteiger partial charge in [-0.25, -0.2) is 0 Å². The summed E-state index contributed by atoms with van der Waals surface area (Å²) in [6.45, 7) is 9.32. The number of rotatable bonds is 8. The topological polar surface area (TPSA) is 64.4 Å². The van der Waals surface area contributed by atoms with Crippen molar-refractivity contribution in [3.8, 4) is 0 Å². The van der Waals surface area contributed by atoms with Crippen molar-refractivity contribution in [1.29, 1.82) is 0 Å². The van der Waals surface area contributed by atoms with Crippen LogP contribution in [0.25, 0.3) is 0 Å². The van der Waals surface area contributed by atoms with Gasteiger partial charge in [-0.2, -0.15) is 0 Å². The van der Waals surface area contributed by atoms with Gasteiger partial charge >= 0.3 is 0 Å². The number of hydrogen-bond acceptors (Lipinski definition) is 3. The molecule has 0 saturated carbocycles. The molecule has 4 heteroatoms. The first-order valence-corrected chi connectivity index (χ1v) is 6.16. The Labute approximate surface area is 98.9 Å². The summed E-state index contributed by atoms with van der Waals surface area (Å²) in [7, 11) is 0. The molecule has 2 atom stereocenters. The zero-order valence-electron chi connectivity index (χ0n) is 11.0. The monoisotopic (exact) mass is 230 g/mol. The van der Waals surface area contributed by atoms with Crippen LogP contribution in [0.1, 0.15) is 40.5 Å². The van der Waals surface area contributed by atoms with E-state index < -0.39 is 6.04 Å². The van der Waals surface area contributed by atoms with Gasteiger partial charge in [0, 0.05) is 6.61 Å². The molecule has 0 aromatic rings. The van der Waals surface area contributed by atoms with Gasteiger partial charge in [0.1, 0.15) is 0 Å². The molecule has 0 spiro atoms. The Kier molecular flexibility index (Phi) is 8.21. The lowest BCUT2D eigenvalue weighted by Gasteiger charge is -2.23. The van der Waals surface area contributed by atoms with Crippen molar-refractivity contribution in [2.45, 2.75) is 52.6 Å². The first kappa shape index (κ1) is 15.4. The van der Waals surface area contributed by atoms with Crippen LogP contribution in [0.2, 0.25) is 0 Å². The Morgan fingerprint density at radius 3 is 2.44 bits per heavy atom. The molecule has 0 radical (unpaired) electrons. The molecular weight excluding hydrogens is 204 g/mol. The van der Waals surface area contributed by atoms with Gasteiger partial charge in [0.05, 0.1) is 18.7 Å². The van der Waals surface area contributed by atoms with Crippen molar-refractivity contribution in [3.63, 3.8) is 0 Å². The molecule has 0 heterocycles. The van der Waals surface area contributed by atoms with Crippen molar-refractivity contribution >= 4 is 5.91 Å².